The number of nitrogens with zero attached hydrogens (tertiary/aromatic N) is 1. The molecule has 0 atom stereocenters. The molecule has 1 aromatic carbocycles. The van der Waals surface area contributed by atoms with Crippen LogP contribution in [0.25, 0.3) is 0 Å². The van der Waals surface area contributed by atoms with Crippen LogP contribution in [0.3, 0.4) is 0 Å². The van der Waals surface area contributed by atoms with Gasteiger partial charge in [0.2, 0.25) is 0 Å². The summed E-state index contributed by atoms with van der Waals surface area (Å²) in [5, 5.41) is 0. The standard InChI is InChI=1S/C8H11BrN2O3S/c1-11(8-5-3-2-4-6-8)15(12,13)14-10-7-9/h2-6,10H,7H2,1H3. The first-order chi connectivity index (χ1) is 7.08. The third kappa shape index (κ3) is 3.45. The van der Waals surface area contributed by atoms with E-state index in [1.54, 1.807) is 24.3 Å². The summed E-state index contributed by atoms with van der Waals surface area (Å²) in [4.78, 5) is 0. The van der Waals surface area contributed by atoms with Crippen molar-refractivity contribution in [3.63, 3.8) is 0 Å². The van der Waals surface area contributed by atoms with Crippen LogP contribution in [0.4, 0.5) is 5.69 Å². The highest BCUT2D eigenvalue weighted by Gasteiger charge is 2.18. The number of nitrogens with one attached hydrogen (secondary N) is 1. The normalized spacial score (nSPS) is 11.3. The number of hydroxylamine groups is 1. The number of rotatable bonds is 5. The van der Waals surface area contributed by atoms with Crippen molar-refractivity contribution in [2.24, 2.45) is 0 Å². The summed E-state index contributed by atoms with van der Waals surface area (Å²) in [6.45, 7) is 0. The molecule has 0 bridgehead atoms. The van der Waals surface area contributed by atoms with E-state index in [-0.39, 0.29) is 5.45 Å². The molecular weight excluding hydrogens is 284 g/mol. The van der Waals surface area contributed by atoms with Crippen molar-refractivity contribution >= 4 is 31.9 Å². The summed E-state index contributed by atoms with van der Waals surface area (Å²) in [5.41, 5.74) is 2.99. The Balaban J connectivity index is 2.80. The summed E-state index contributed by atoms with van der Waals surface area (Å²) in [7, 11) is -2.37. The molecule has 0 amide bonds. The maximum Gasteiger partial charge on any atom is 0.378 e. The van der Waals surface area contributed by atoms with Crippen molar-refractivity contribution in [2.45, 2.75) is 0 Å². The molecule has 0 unspecified atom stereocenters. The molecule has 0 spiro atoms. The monoisotopic (exact) mass is 294 g/mol. The molecule has 84 valence electrons. The lowest BCUT2D eigenvalue weighted by atomic mass is 10.3. The van der Waals surface area contributed by atoms with Crippen molar-refractivity contribution in [3.8, 4) is 0 Å². The fourth-order valence-corrected chi connectivity index (χ4v) is 1.89. The minimum absolute atomic E-state index is 0.231. The lowest BCUT2D eigenvalue weighted by Crippen LogP contribution is -2.32. The average molecular weight is 295 g/mol. The Kier molecular flexibility index (Phi) is 4.52. The topological polar surface area (TPSA) is 58.6 Å². The third-order valence-electron chi connectivity index (χ3n) is 1.67. The van der Waals surface area contributed by atoms with Gasteiger partial charge in [0.15, 0.2) is 0 Å². The summed E-state index contributed by atoms with van der Waals surface area (Å²) >= 11 is 2.99. The van der Waals surface area contributed by atoms with E-state index in [1.165, 1.54) is 7.05 Å². The summed E-state index contributed by atoms with van der Waals surface area (Å²) in [5.74, 6) is 0. The molecule has 0 heterocycles. The number of hydrogen-bond donors (Lipinski definition) is 1. The van der Waals surface area contributed by atoms with Gasteiger partial charge in [-0.3, -0.25) is 0 Å². The Morgan fingerprint density at radius 2 is 2.00 bits per heavy atom. The quantitative estimate of drug-likeness (QED) is 0.504. The van der Waals surface area contributed by atoms with E-state index in [0.29, 0.717) is 5.69 Å². The first kappa shape index (κ1) is 12.4. The van der Waals surface area contributed by atoms with Crippen LogP contribution in [0.5, 0.6) is 0 Å². The van der Waals surface area contributed by atoms with E-state index < -0.39 is 10.3 Å². The smallest absolute Gasteiger partial charge is 0.250 e. The molecule has 5 nitrogen and oxygen atoms in total. The van der Waals surface area contributed by atoms with Gasteiger partial charge >= 0.3 is 10.3 Å². The van der Waals surface area contributed by atoms with Crippen LogP contribution in [-0.2, 0) is 14.6 Å². The summed E-state index contributed by atoms with van der Waals surface area (Å²) in [6, 6.07) is 8.66. The Labute approximate surface area is 97.4 Å². The predicted molar refractivity (Wildman–Crippen MR) is 61.8 cm³/mol. The zero-order valence-corrected chi connectivity index (χ0v) is 10.5. The molecule has 1 rings (SSSR count). The second-order valence-corrected chi connectivity index (χ2v) is 4.75. The minimum Gasteiger partial charge on any atom is -0.250 e. The van der Waals surface area contributed by atoms with Gasteiger partial charge < -0.3 is 0 Å². The highest BCUT2D eigenvalue weighted by molar-refractivity contribution is 9.09. The van der Waals surface area contributed by atoms with E-state index in [9.17, 15) is 8.42 Å². The van der Waals surface area contributed by atoms with E-state index in [2.05, 4.69) is 25.7 Å². The van der Waals surface area contributed by atoms with Crippen LogP contribution in [0, 0.1) is 0 Å². The molecule has 1 N–H and O–H groups in total. The van der Waals surface area contributed by atoms with Gasteiger partial charge in [-0.2, -0.15) is 18.2 Å². The van der Waals surface area contributed by atoms with Crippen LogP contribution in [-0.4, -0.2) is 20.9 Å². The second kappa shape index (κ2) is 5.45. The molecule has 0 saturated carbocycles. The fraction of sp³-hybridized carbons (Fsp3) is 0.250. The molecule has 0 fully saturated rings. The number of hydrogen-bond acceptors (Lipinski definition) is 4. The van der Waals surface area contributed by atoms with Gasteiger partial charge in [-0.25, -0.2) is 4.31 Å². The Hall–Kier alpha value is -0.630. The fourth-order valence-electron chi connectivity index (χ4n) is 0.920. The number of anilines is 1. The van der Waals surface area contributed by atoms with Crippen LogP contribution in [0.1, 0.15) is 0 Å². The maximum absolute atomic E-state index is 11.5. The van der Waals surface area contributed by atoms with Crippen LogP contribution in [0.15, 0.2) is 30.3 Å². The molecule has 1 aromatic rings. The number of alkyl halides is 1. The van der Waals surface area contributed by atoms with E-state index in [0.717, 1.165) is 4.31 Å². The van der Waals surface area contributed by atoms with Gasteiger partial charge in [0.25, 0.3) is 0 Å². The largest absolute Gasteiger partial charge is 0.378 e. The van der Waals surface area contributed by atoms with Crippen molar-refractivity contribution in [1.29, 1.82) is 0 Å². The number of para-hydroxylation sites is 1. The second-order valence-electron chi connectivity index (χ2n) is 2.62. The first-order valence-electron chi connectivity index (χ1n) is 4.09. The highest BCUT2D eigenvalue weighted by Crippen LogP contribution is 2.15. The van der Waals surface area contributed by atoms with Gasteiger partial charge in [-0.15, -0.1) is 0 Å². The van der Waals surface area contributed by atoms with Crippen molar-refractivity contribution < 1.29 is 12.7 Å². The Morgan fingerprint density at radius 3 is 2.53 bits per heavy atom. The van der Waals surface area contributed by atoms with Crippen LogP contribution >= 0.6 is 15.9 Å². The average Bonchev–Trinajstić information content (AvgIpc) is 2.26. The van der Waals surface area contributed by atoms with Gasteiger partial charge in [0.1, 0.15) is 0 Å². The van der Waals surface area contributed by atoms with Crippen molar-refractivity contribution in [1.82, 2.24) is 5.48 Å². The van der Waals surface area contributed by atoms with E-state index in [4.69, 9.17) is 0 Å². The minimum atomic E-state index is -3.78. The molecule has 15 heavy (non-hydrogen) atoms. The first-order valence-corrected chi connectivity index (χ1v) is 6.58. The third-order valence-corrected chi connectivity index (χ3v) is 3.11. The van der Waals surface area contributed by atoms with Crippen molar-refractivity contribution in [2.75, 3.05) is 16.8 Å². The summed E-state index contributed by atoms with van der Waals surface area (Å²) < 4.78 is 28.6. The molecule has 0 aromatic heterocycles. The SMILES string of the molecule is CN(c1ccccc1)S(=O)(=O)ONCBr. The molecule has 0 aliphatic rings. The van der Waals surface area contributed by atoms with Gasteiger partial charge in [0.05, 0.1) is 11.1 Å². The molecule has 0 radical (unpaired) electrons. The van der Waals surface area contributed by atoms with Gasteiger partial charge in [-0.05, 0) is 12.1 Å². The molecule has 0 saturated heterocycles. The maximum atomic E-state index is 11.5. The summed E-state index contributed by atoms with van der Waals surface area (Å²) in [6.07, 6.45) is 0. The zero-order valence-electron chi connectivity index (χ0n) is 8.05. The molecule has 7 heteroatoms. The number of halogens is 1. The van der Waals surface area contributed by atoms with Gasteiger partial charge in [0, 0.05) is 7.05 Å². The molecule has 0 aliphatic carbocycles. The van der Waals surface area contributed by atoms with Gasteiger partial charge in [-0.1, -0.05) is 34.1 Å². The van der Waals surface area contributed by atoms with Crippen LogP contribution in [0.2, 0.25) is 0 Å². The lowest BCUT2D eigenvalue weighted by molar-refractivity contribution is 0.226. The highest BCUT2D eigenvalue weighted by atomic mass is 79.9. The Bertz CT molecular complexity index is 396. The predicted octanol–water partition coefficient (Wildman–Crippen LogP) is 1.24. The number of benzene rings is 1. The molecular formula is C8H11BrN2O3S. The lowest BCUT2D eigenvalue weighted by Gasteiger charge is -2.17. The molecule has 0 aliphatic heterocycles. The van der Waals surface area contributed by atoms with E-state index >= 15 is 0 Å². The van der Waals surface area contributed by atoms with E-state index in [1.807, 2.05) is 6.07 Å². The Morgan fingerprint density at radius 1 is 1.40 bits per heavy atom. The van der Waals surface area contributed by atoms with Crippen LogP contribution < -0.4 is 9.79 Å². The van der Waals surface area contributed by atoms with Crippen molar-refractivity contribution in [3.05, 3.63) is 30.3 Å². The zero-order chi connectivity index (χ0) is 11.3.